The zero-order chi connectivity index (χ0) is 14.5. The molecular weight excluding hydrogens is 246 g/mol. The minimum atomic E-state index is 0.0441. The van der Waals surface area contributed by atoms with Crippen LogP contribution in [0.4, 0.5) is 0 Å². The first kappa shape index (κ1) is 14.9. The normalized spacial score (nSPS) is 26.2. The van der Waals surface area contributed by atoms with Crippen LogP contribution >= 0.6 is 0 Å². The summed E-state index contributed by atoms with van der Waals surface area (Å²) in [4.78, 5) is 0. The molecule has 0 N–H and O–H groups in total. The molecule has 0 saturated heterocycles. The third-order valence-corrected chi connectivity index (χ3v) is 4.48. The first-order valence-electron chi connectivity index (χ1n) is 7.80. The fourth-order valence-corrected chi connectivity index (χ4v) is 2.97. The van der Waals surface area contributed by atoms with Crippen molar-refractivity contribution < 1.29 is 4.74 Å². The topological polar surface area (TPSA) is 33.0 Å². The molecule has 20 heavy (non-hydrogen) atoms. The molecule has 0 heterocycles. The van der Waals surface area contributed by atoms with Gasteiger partial charge in [0.15, 0.2) is 0 Å². The van der Waals surface area contributed by atoms with Gasteiger partial charge in [0.2, 0.25) is 0 Å². The lowest BCUT2D eigenvalue weighted by atomic mass is 9.79. The van der Waals surface area contributed by atoms with Crippen molar-refractivity contribution in [1.82, 2.24) is 0 Å². The highest BCUT2D eigenvalue weighted by Crippen LogP contribution is 2.33. The molecule has 1 aromatic rings. The number of rotatable bonds is 4. The minimum Gasteiger partial charge on any atom is -0.489 e. The SMILES string of the molecule is CCC1CCC(C#N)C(Oc2ccc(C(C)C)cc2)C1. The van der Waals surface area contributed by atoms with Crippen LogP contribution in [0.5, 0.6) is 5.75 Å². The Bertz CT molecular complexity index is 457. The number of nitrogens with zero attached hydrogens (tertiary/aromatic N) is 1. The maximum atomic E-state index is 9.29. The Morgan fingerprint density at radius 1 is 1.25 bits per heavy atom. The summed E-state index contributed by atoms with van der Waals surface area (Å²) in [5.41, 5.74) is 1.32. The molecule has 1 aliphatic carbocycles. The lowest BCUT2D eigenvalue weighted by Crippen LogP contribution is -2.33. The van der Waals surface area contributed by atoms with Crippen molar-refractivity contribution in [3.8, 4) is 11.8 Å². The van der Waals surface area contributed by atoms with Crippen LogP contribution in [0.3, 0.4) is 0 Å². The standard InChI is InChI=1S/C18H25NO/c1-4-14-5-6-16(12-19)18(11-14)20-17-9-7-15(8-10-17)13(2)3/h7-10,13-14,16,18H,4-6,11H2,1-3H3. The van der Waals surface area contributed by atoms with E-state index in [1.807, 2.05) is 12.1 Å². The van der Waals surface area contributed by atoms with Crippen LogP contribution in [0.1, 0.15) is 57.9 Å². The molecule has 0 aromatic heterocycles. The van der Waals surface area contributed by atoms with Crippen LogP contribution in [-0.4, -0.2) is 6.10 Å². The van der Waals surface area contributed by atoms with Crippen LogP contribution in [-0.2, 0) is 0 Å². The van der Waals surface area contributed by atoms with E-state index in [0.717, 1.165) is 18.6 Å². The number of ether oxygens (including phenoxy) is 1. The van der Waals surface area contributed by atoms with Gasteiger partial charge in [-0.1, -0.05) is 39.3 Å². The van der Waals surface area contributed by atoms with E-state index >= 15 is 0 Å². The van der Waals surface area contributed by atoms with E-state index in [0.29, 0.717) is 11.8 Å². The van der Waals surface area contributed by atoms with E-state index in [1.54, 1.807) is 0 Å². The molecule has 1 aromatic carbocycles. The second-order valence-electron chi connectivity index (χ2n) is 6.20. The maximum Gasteiger partial charge on any atom is 0.119 e. The fraction of sp³-hybridized carbons (Fsp3) is 0.611. The lowest BCUT2D eigenvalue weighted by Gasteiger charge is -2.32. The van der Waals surface area contributed by atoms with Crippen LogP contribution in [0.2, 0.25) is 0 Å². The Hall–Kier alpha value is -1.49. The fourth-order valence-electron chi connectivity index (χ4n) is 2.97. The van der Waals surface area contributed by atoms with Crippen molar-refractivity contribution in [3.05, 3.63) is 29.8 Å². The first-order valence-corrected chi connectivity index (χ1v) is 7.80. The van der Waals surface area contributed by atoms with Gasteiger partial charge in [-0.05, 0) is 48.8 Å². The Labute approximate surface area is 122 Å². The van der Waals surface area contributed by atoms with Crippen molar-refractivity contribution >= 4 is 0 Å². The molecule has 1 aliphatic rings. The van der Waals surface area contributed by atoms with E-state index in [2.05, 4.69) is 39.0 Å². The predicted molar refractivity (Wildman–Crippen MR) is 81.7 cm³/mol. The summed E-state index contributed by atoms with van der Waals surface area (Å²) >= 11 is 0. The van der Waals surface area contributed by atoms with Gasteiger partial charge in [-0.25, -0.2) is 0 Å². The molecular formula is C18H25NO. The molecule has 1 fully saturated rings. The molecule has 2 heteroatoms. The summed E-state index contributed by atoms with van der Waals surface area (Å²) in [6.45, 7) is 6.61. The Morgan fingerprint density at radius 3 is 2.50 bits per heavy atom. The summed E-state index contributed by atoms with van der Waals surface area (Å²) in [5, 5.41) is 9.29. The largest absolute Gasteiger partial charge is 0.489 e. The van der Waals surface area contributed by atoms with Crippen molar-refractivity contribution in [3.63, 3.8) is 0 Å². The van der Waals surface area contributed by atoms with Gasteiger partial charge >= 0.3 is 0 Å². The second kappa shape index (κ2) is 6.79. The van der Waals surface area contributed by atoms with E-state index in [1.165, 1.54) is 18.4 Å². The summed E-state index contributed by atoms with van der Waals surface area (Å²) in [6.07, 6.45) is 4.40. The van der Waals surface area contributed by atoms with E-state index in [9.17, 15) is 5.26 Å². The van der Waals surface area contributed by atoms with Crippen LogP contribution in [0.25, 0.3) is 0 Å². The molecule has 0 amide bonds. The first-order chi connectivity index (χ1) is 9.63. The predicted octanol–water partition coefficient (Wildman–Crippen LogP) is 4.91. The van der Waals surface area contributed by atoms with Crippen molar-refractivity contribution in [2.75, 3.05) is 0 Å². The second-order valence-corrected chi connectivity index (χ2v) is 6.20. The third kappa shape index (κ3) is 3.54. The van der Waals surface area contributed by atoms with Gasteiger partial charge in [0.25, 0.3) is 0 Å². The van der Waals surface area contributed by atoms with Crippen molar-refractivity contribution in [2.45, 2.75) is 58.5 Å². The highest BCUT2D eigenvalue weighted by molar-refractivity contribution is 5.29. The molecule has 3 atom stereocenters. The molecule has 2 nitrogen and oxygen atoms in total. The molecule has 0 aliphatic heterocycles. The molecule has 3 unspecified atom stereocenters. The molecule has 0 radical (unpaired) electrons. The van der Waals surface area contributed by atoms with Gasteiger partial charge in [0.1, 0.15) is 11.9 Å². The monoisotopic (exact) mass is 271 g/mol. The maximum absolute atomic E-state index is 9.29. The Balaban J connectivity index is 2.04. The number of hydrogen-bond acceptors (Lipinski definition) is 2. The molecule has 0 spiro atoms. The molecule has 2 rings (SSSR count). The number of hydrogen-bond donors (Lipinski definition) is 0. The summed E-state index contributed by atoms with van der Waals surface area (Å²) in [6, 6.07) is 10.8. The summed E-state index contributed by atoms with van der Waals surface area (Å²) < 4.78 is 6.10. The minimum absolute atomic E-state index is 0.0441. The van der Waals surface area contributed by atoms with Crippen molar-refractivity contribution in [1.29, 1.82) is 5.26 Å². The van der Waals surface area contributed by atoms with Gasteiger partial charge in [-0.2, -0.15) is 5.26 Å². The van der Waals surface area contributed by atoms with Crippen LogP contribution < -0.4 is 4.74 Å². The zero-order valence-corrected chi connectivity index (χ0v) is 12.8. The van der Waals surface area contributed by atoms with Gasteiger partial charge in [0, 0.05) is 0 Å². The Kier molecular flexibility index (Phi) is 5.06. The van der Waals surface area contributed by atoms with E-state index < -0.39 is 0 Å². The summed E-state index contributed by atoms with van der Waals surface area (Å²) in [5.74, 6) is 2.19. The number of nitriles is 1. The van der Waals surface area contributed by atoms with Gasteiger partial charge in [-0.15, -0.1) is 0 Å². The molecule has 0 bridgehead atoms. The molecule has 1 saturated carbocycles. The van der Waals surface area contributed by atoms with E-state index in [-0.39, 0.29) is 12.0 Å². The summed E-state index contributed by atoms with van der Waals surface area (Å²) in [7, 11) is 0. The smallest absolute Gasteiger partial charge is 0.119 e. The highest BCUT2D eigenvalue weighted by atomic mass is 16.5. The number of benzene rings is 1. The average Bonchev–Trinajstić information content (AvgIpc) is 2.47. The van der Waals surface area contributed by atoms with Crippen LogP contribution in [0.15, 0.2) is 24.3 Å². The zero-order valence-electron chi connectivity index (χ0n) is 12.8. The van der Waals surface area contributed by atoms with Gasteiger partial charge < -0.3 is 4.74 Å². The van der Waals surface area contributed by atoms with Gasteiger partial charge in [-0.3, -0.25) is 0 Å². The molecule has 108 valence electrons. The quantitative estimate of drug-likeness (QED) is 0.779. The average molecular weight is 271 g/mol. The highest BCUT2D eigenvalue weighted by Gasteiger charge is 2.31. The third-order valence-electron chi connectivity index (χ3n) is 4.48. The van der Waals surface area contributed by atoms with Crippen molar-refractivity contribution in [2.24, 2.45) is 11.8 Å². The van der Waals surface area contributed by atoms with Crippen LogP contribution in [0, 0.1) is 23.2 Å². The van der Waals surface area contributed by atoms with Gasteiger partial charge in [0.05, 0.1) is 12.0 Å². The van der Waals surface area contributed by atoms with E-state index in [4.69, 9.17) is 4.74 Å². The lowest BCUT2D eigenvalue weighted by molar-refractivity contribution is 0.0892. The Morgan fingerprint density at radius 2 is 1.95 bits per heavy atom.